The van der Waals surface area contributed by atoms with Crippen molar-refractivity contribution >= 4 is 52.2 Å². The monoisotopic (exact) mass is 432 g/mol. The third-order valence-electron chi connectivity index (χ3n) is 4.01. The molecule has 150 valence electrons. The normalized spacial score (nSPS) is 15.0. The van der Waals surface area contributed by atoms with E-state index in [0.29, 0.717) is 22.2 Å². The minimum atomic E-state index is -0.516. The summed E-state index contributed by atoms with van der Waals surface area (Å²) >= 11 is 6.64. The van der Waals surface area contributed by atoms with Crippen molar-refractivity contribution in [2.75, 3.05) is 26.1 Å². The van der Waals surface area contributed by atoms with Crippen LogP contribution in [0.1, 0.15) is 5.56 Å². The molecule has 1 N–H and O–H groups in total. The zero-order valence-electron chi connectivity index (χ0n) is 15.6. The molecular weight excluding hydrogens is 416 g/mol. The molecule has 0 radical (unpaired) electrons. The highest BCUT2D eigenvalue weighted by atomic mass is 35.5. The highest BCUT2D eigenvalue weighted by Crippen LogP contribution is 2.33. The van der Waals surface area contributed by atoms with Crippen molar-refractivity contribution in [1.29, 1.82) is 0 Å². The van der Waals surface area contributed by atoms with E-state index in [1.807, 2.05) is 0 Å². The fourth-order valence-electron chi connectivity index (χ4n) is 2.60. The molecule has 1 fully saturated rings. The Labute approximate surface area is 176 Å². The lowest BCUT2D eigenvalue weighted by Gasteiger charge is -2.14. The highest BCUT2D eigenvalue weighted by Gasteiger charge is 2.36. The van der Waals surface area contributed by atoms with Crippen molar-refractivity contribution < 1.29 is 23.9 Å². The summed E-state index contributed by atoms with van der Waals surface area (Å²) in [7, 11) is 2.99. The quantitative estimate of drug-likeness (QED) is 0.693. The van der Waals surface area contributed by atoms with Crippen molar-refractivity contribution in [3.05, 3.63) is 58.0 Å². The second-order valence-electron chi connectivity index (χ2n) is 5.94. The Bertz CT molecular complexity index is 991. The lowest BCUT2D eigenvalue weighted by Crippen LogP contribution is -2.36. The molecule has 0 unspecified atom stereocenters. The summed E-state index contributed by atoms with van der Waals surface area (Å²) < 4.78 is 10.3. The van der Waals surface area contributed by atoms with Crippen LogP contribution in [0.5, 0.6) is 11.5 Å². The van der Waals surface area contributed by atoms with Crippen LogP contribution < -0.4 is 14.8 Å². The zero-order valence-corrected chi connectivity index (χ0v) is 17.2. The molecule has 1 aliphatic rings. The Kier molecular flexibility index (Phi) is 6.46. The number of amides is 3. The standard InChI is InChI=1S/C20H17ClN2O5S/c1-27-15-8-7-14(10-16(15)28-2)22-18(24)11-23-19(25)17(29-20(23)26)9-12-3-5-13(21)6-4-12/h3-10H,11H2,1-2H3,(H,22,24). The van der Waals surface area contributed by atoms with Crippen molar-refractivity contribution in [3.63, 3.8) is 0 Å². The number of ether oxygens (including phenoxy) is 2. The summed E-state index contributed by atoms with van der Waals surface area (Å²) in [6.45, 7) is -0.392. The van der Waals surface area contributed by atoms with Gasteiger partial charge in [0, 0.05) is 16.8 Å². The van der Waals surface area contributed by atoms with Crippen LogP contribution in [0.15, 0.2) is 47.4 Å². The number of halogens is 1. The van der Waals surface area contributed by atoms with Gasteiger partial charge in [-0.25, -0.2) is 0 Å². The van der Waals surface area contributed by atoms with Gasteiger partial charge in [0.2, 0.25) is 5.91 Å². The van der Waals surface area contributed by atoms with E-state index in [2.05, 4.69) is 5.32 Å². The predicted molar refractivity (Wildman–Crippen MR) is 112 cm³/mol. The Morgan fingerprint density at radius 1 is 1.10 bits per heavy atom. The van der Waals surface area contributed by atoms with Crippen LogP contribution in [0.4, 0.5) is 10.5 Å². The summed E-state index contributed by atoms with van der Waals surface area (Å²) in [6.07, 6.45) is 1.59. The predicted octanol–water partition coefficient (Wildman–Crippen LogP) is 4.03. The number of thioether (sulfide) groups is 1. The summed E-state index contributed by atoms with van der Waals surface area (Å²) in [4.78, 5) is 38.2. The second kappa shape index (κ2) is 9.02. The van der Waals surface area contributed by atoms with E-state index in [9.17, 15) is 14.4 Å². The lowest BCUT2D eigenvalue weighted by molar-refractivity contribution is -0.127. The van der Waals surface area contributed by atoms with Gasteiger partial charge in [0.05, 0.1) is 19.1 Å². The molecule has 0 atom stereocenters. The van der Waals surface area contributed by atoms with Gasteiger partial charge < -0.3 is 14.8 Å². The number of rotatable bonds is 6. The van der Waals surface area contributed by atoms with Gasteiger partial charge in [-0.1, -0.05) is 23.7 Å². The second-order valence-corrected chi connectivity index (χ2v) is 7.37. The maximum absolute atomic E-state index is 12.5. The molecule has 3 rings (SSSR count). The summed E-state index contributed by atoms with van der Waals surface area (Å²) in [6, 6.07) is 11.7. The van der Waals surface area contributed by atoms with Gasteiger partial charge in [-0.3, -0.25) is 19.3 Å². The van der Waals surface area contributed by atoms with E-state index >= 15 is 0 Å². The smallest absolute Gasteiger partial charge is 0.294 e. The van der Waals surface area contributed by atoms with Crippen LogP contribution in [0.3, 0.4) is 0 Å². The fourth-order valence-corrected chi connectivity index (χ4v) is 3.57. The molecule has 0 spiro atoms. The number of nitrogens with one attached hydrogen (secondary N) is 1. The fraction of sp³-hybridized carbons (Fsp3) is 0.150. The van der Waals surface area contributed by atoms with E-state index in [0.717, 1.165) is 22.2 Å². The Morgan fingerprint density at radius 2 is 1.79 bits per heavy atom. The van der Waals surface area contributed by atoms with E-state index in [4.69, 9.17) is 21.1 Å². The van der Waals surface area contributed by atoms with E-state index in [-0.39, 0.29) is 4.91 Å². The molecule has 7 nitrogen and oxygen atoms in total. The third kappa shape index (κ3) is 4.90. The Balaban J connectivity index is 1.68. The number of hydrogen-bond donors (Lipinski definition) is 1. The SMILES string of the molecule is COc1ccc(NC(=O)CN2C(=O)SC(=Cc3ccc(Cl)cc3)C2=O)cc1OC. The number of hydrogen-bond acceptors (Lipinski definition) is 6. The van der Waals surface area contributed by atoms with Gasteiger partial charge >= 0.3 is 0 Å². The van der Waals surface area contributed by atoms with Gasteiger partial charge in [-0.15, -0.1) is 0 Å². The Morgan fingerprint density at radius 3 is 2.45 bits per heavy atom. The first-order valence-electron chi connectivity index (χ1n) is 8.44. The van der Waals surface area contributed by atoms with E-state index in [1.54, 1.807) is 48.5 Å². The van der Waals surface area contributed by atoms with Gasteiger partial charge in [0.15, 0.2) is 11.5 Å². The van der Waals surface area contributed by atoms with Crippen LogP contribution in [-0.4, -0.2) is 42.7 Å². The van der Waals surface area contributed by atoms with Gasteiger partial charge in [0.25, 0.3) is 11.1 Å². The first-order chi connectivity index (χ1) is 13.9. The first kappa shape index (κ1) is 20.8. The summed E-state index contributed by atoms with van der Waals surface area (Å²) in [5.74, 6) is -0.0594. The molecule has 1 saturated heterocycles. The van der Waals surface area contributed by atoms with Crippen molar-refractivity contribution in [3.8, 4) is 11.5 Å². The van der Waals surface area contributed by atoms with Gasteiger partial charge in [-0.05, 0) is 47.7 Å². The molecule has 29 heavy (non-hydrogen) atoms. The molecule has 1 aliphatic heterocycles. The van der Waals surface area contributed by atoms with E-state index < -0.39 is 23.6 Å². The number of methoxy groups -OCH3 is 2. The minimum Gasteiger partial charge on any atom is -0.493 e. The summed E-state index contributed by atoms with van der Waals surface area (Å²) in [5.41, 5.74) is 1.19. The molecule has 9 heteroatoms. The molecule has 0 aliphatic carbocycles. The number of benzene rings is 2. The molecule has 0 aromatic heterocycles. The molecule has 1 heterocycles. The average molecular weight is 433 g/mol. The molecule has 0 bridgehead atoms. The van der Waals surface area contributed by atoms with Crippen molar-refractivity contribution in [2.45, 2.75) is 0 Å². The minimum absolute atomic E-state index is 0.247. The van der Waals surface area contributed by atoms with Crippen molar-refractivity contribution in [1.82, 2.24) is 4.90 Å². The Hall–Kier alpha value is -2.97. The number of anilines is 1. The topological polar surface area (TPSA) is 84.9 Å². The van der Waals surface area contributed by atoms with Crippen LogP contribution in [-0.2, 0) is 9.59 Å². The number of nitrogens with zero attached hydrogens (tertiary/aromatic N) is 1. The first-order valence-corrected chi connectivity index (χ1v) is 9.63. The maximum Gasteiger partial charge on any atom is 0.294 e. The molecule has 2 aromatic carbocycles. The average Bonchev–Trinajstić information content (AvgIpc) is 2.97. The van der Waals surface area contributed by atoms with Crippen LogP contribution in [0.2, 0.25) is 5.02 Å². The van der Waals surface area contributed by atoms with Crippen LogP contribution >= 0.6 is 23.4 Å². The molecular formula is C20H17ClN2O5S. The third-order valence-corrected chi connectivity index (χ3v) is 5.17. The number of carbonyl (C=O) groups is 3. The van der Waals surface area contributed by atoms with Gasteiger partial charge in [0.1, 0.15) is 6.54 Å². The number of imide groups is 1. The van der Waals surface area contributed by atoms with Crippen LogP contribution in [0.25, 0.3) is 6.08 Å². The summed E-state index contributed by atoms with van der Waals surface area (Å²) in [5, 5.41) is 2.71. The van der Waals surface area contributed by atoms with Crippen LogP contribution in [0, 0.1) is 0 Å². The highest BCUT2D eigenvalue weighted by molar-refractivity contribution is 8.18. The molecule has 2 aromatic rings. The van der Waals surface area contributed by atoms with E-state index in [1.165, 1.54) is 14.2 Å². The lowest BCUT2D eigenvalue weighted by atomic mass is 10.2. The number of carbonyl (C=O) groups excluding carboxylic acids is 3. The molecule has 3 amide bonds. The van der Waals surface area contributed by atoms with Crippen molar-refractivity contribution in [2.24, 2.45) is 0 Å². The zero-order chi connectivity index (χ0) is 21.0. The largest absolute Gasteiger partial charge is 0.493 e. The van der Waals surface area contributed by atoms with Gasteiger partial charge in [-0.2, -0.15) is 0 Å². The molecule has 0 saturated carbocycles. The maximum atomic E-state index is 12.5.